The molecule has 1 aliphatic rings. The first kappa shape index (κ1) is 26.5. The normalized spacial score (nSPS) is 17.0. The molecule has 1 saturated heterocycles. The molecular formula is C24H24ClF4N3O3. The summed E-state index contributed by atoms with van der Waals surface area (Å²) >= 11 is 5.88. The van der Waals surface area contributed by atoms with Gasteiger partial charge in [0.2, 0.25) is 11.8 Å². The van der Waals surface area contributed by atoms with Crippen molar-refractivity contribution < 1.29 is 31.9 Å². The van der Waals surface area contributed by atoms with Crippen LogP contribution in [0.1, 0.15) is 25.0 Å². The molecule has 35 heavy (non-hydrogen) atoms. The highest BCUT2D eigenvalue weighted by Gasteiger charge is 2.32. The summed E-state index contributed by atoms with van der Waals surface area (Å²) in [5, 5.41) is 2.14. The summed E-state index contributed by atoms with van der Waals surface area (Å²) < 4.78 is 55.2. The molecule has 0 saturated carbocycles. The topological polar surface area (TPSA) is 61.9 Å². The highest BCUT2D eigenvalue weighted by Crippen LogP contribution is 2.35. The van der Waals surface area contributed by atoms with Gasteiger partial charge in [0.15, 0.2) is 0 Å². The van der Waals surface area contributed by atoms with E-state index in [-0.39, 0.29) is 34.0 Å². The zero-order chi connectivity index (χ0) is 25.8. The van der Waals surface area contributed by atoms with Crippen molar-refractivity contribution in [2.75, 3.05) is 25.0 Å². The van der Waals surface area contributed by atoms with Crippen molar-refractivity contribution in [2.24, 2.45) is 0 Å². The van der Waals surface area contributed by atoms with E-state index in [1.165, 1.54) is 31.2 Å². The predicted octanol–water partition coefficient (Wildman–Crippen LogP) is 5.08. The molecule has 1 fully saturated rings. The summed E-state index contributed by atoms with van der Waals surface area (Å²) in [7, 11) is 0. The van der Waals surface area contributed by atoms with Crippen molar-refractivity contribution in [1.82, 2.24) is 9.80 Å². The van der Waals surface area contributed by atoms with Gasteiger partial charge in [0.05, 0.1) is 5.02 Å². The van der Waals surface area contributed by atoms with E-state index in [0.717, 1.165) is 17.7 Å². The van der Waals surface area contributed by atoms with Crippen LogP contribution < -0.4 is 10.1 Å². The lowest BCUT2D eigenvalue weighted by Gasteiger charge is -2.39. The number of hydrogen-bond acceptors (Lipinski definition) is 4. The first-order chi connectivity index (χ1) is 16.4. The van der Waals surface area contributed by atoms with E-state index >= 15 is 0 Å². The first-order valence-electron chi connectivity index (χ1n) is 10.7. The molecule has 0 bridgehead atoms. The van der Waals surface area contributed by atoms with Crippen molar-refractivity contribution in [3.8, 4) is 5.75 Å². The maximum Gasteiger partial charge on any atom is 0.573 e. The molecule has 188 valence electrons. The van der Waals surface area contributed by atoms with Crippen molar-refractivity contribution in [2.45, 2.75) is 32.8 Å². The molecule has 6 nitrogen and oxygen atoms in total. The maximum atomic E-state index is 13.1. The van der Waals surface area contributed by atoms with Crippen molar-refractivity contribution >= 4 is 35.2 Å². The Hall–Kier alpha value is -3.11. The predicted molar refractivity (Wildman–Crippen MR) is 124 cm³/mol. The van der Waals surface area contributed by atoms with Gasteiger partial charge in [-0.3, -0.25) is 14.5 Å². The quantitative estimate of drug-likeness (QED) is 0.432. The number of amides is 2. The number of carbonyl (C=O) groups is 2. The number of carbonyl (C=O) groups excluding carboxylic acids is 2. The van der Waals surface area contributed by atoms with Crippen LogP contribution in [0.3, 0.4) is 0 Å². The van der Waals surface area contributed by atoms with Gasteiger partial charge >= 0.3 is 6.36 Å². The van der Waals surface area contributed by atoms with Gasteiger partial charge in [0, 0.05) is 56.5 Å². The van der Waals surface area contributed by atoms with Gasteiger partial charge in [0.25, 0.3) is 0 Å². The SMILES string of the molecule is CC(=O)Nc1cc(Cl)c(OC(F)(F)F)cc1C=CC(=O)N1CCN(Cc2ccc(F)cc2)CC1C. The molecule has 0 radical (unpaired) electrons. The molecule has 1 heterocycles. The number of halogens is 5. The Bertz CT molecular complexity index is 1110. The Morgan fingerprint density at radius 3 is 2.49 bits per heavy atom. The Balaban J connectivity index is 1.71. The number of hydrogen-bond donors (Lipinski definition) is 1. The summed E-state index contributed by atoms with van der Waals surface area (Å²) in [6, 6.07) is 8.25. The van der Waals surface area contributed by atoms with Crippen molar-refractivity contribution in [1.29, 1.82) is 0 Å². The van der Waals surface area contributed by atoms with Crippen LogP contribution in [0, 0.1) is 5.82 Å². The average molecular weight is 514 g/mol. The van der Waals surface area contributed by atoms with Gasteiger partial charge in [-0.1, -0.05) is 23.7 Å². The van der Waals surface area contributed by atoms with Crippen LogP contribution in [0.5, 0.6) is 5.75 Å². The molecule has 1 atom stereocenters. The maximum absolute atomic E-state index is 13.1. The van der Waals surface area contributed by atoms with Crippen LogP contribution in [0.2, 0.25) is 5.02 Å². The molecule has 1 aliphatic heterocycles. The first-order valence-corrected chi connectivity index (χ1v) is 11.1. The number of rotatable bonds is 6. The molecule has 2 aromatic rings. The van der Waals surface area contributed by atoms with E-state index in [4.69, 9.17) is 11.6 Å². The third-order valence-corrected chi connectivity index (χ3v) is 5.66. The second-order valence-corrected chi connectivity index (χ2v) is 8.58. The number of benzene rings is 2. The highest BCUT2D eigenvalue weighted by atomic mass is 35.5. The summed E-state index contributed by atoms with van der Waals surface area (Å²) in [6.45, 7) is 5.38. The molecule has 2 aromatic carbocycles. The monoisotopic (exact) mass is 513 g/mol. The van der Waals surface area contributed by atoms with Gasteiger partial charge in [-0.25, -0.2) is 4.39 Å². The summed E-state index contributed by atoms with van der Waals surface area (Å²) in [5.41, 5.74) is 1.22. The number of ether oxygens (including phenoxy) is 1. The minimum Gasteiger partial charge on any atom is -0.404 e. The third-order valence-electron chi connectivity index (χ3n) is 5.36. The largest absolute Gasteiger partial charge is 0.573 e. The molecule has 3 rings (SSSR count). The Labute approximate surface area is 205 Å². The van der Waals surface area contributed by atoms with Crippen molar-refractivity contribution in [3.63, 3.8) is 0 Å². The zero-order valence-electron chi connectivity index (χ0n) is 19.0. The van der Waals surface area contributed by atoms with Crippen LogP contribution in [-0.4, -0.2) is 53.7 Å². The molecule has 1 unspecified atom stereocenters. The number of nitrogens with one attached hydrogen (secondary N) is 1. The van der Waals surface area contributed by atoms with E-state index in [0.29, 0.717) is 26.2 Å². The van der Waals surface area contributed by atoms with E-state index in [9.17, 15) is 27.2 Å². The van der Waals surface area contributed by atoms with Crippen LogP contribution >= 0.6 is 11.6 Å². The lowest BCUT2D eigenvalue weighted by atomic mass is 10.1. The van der Waals surface area contributed by atoms with Crippen LogP contribution in [-0.2, 0) is 16.1 Å². The summed E-state index contributed by atoms with van der Waals surface area (Å²) in [6.07, 6.45) is -2.41. The number of piperazine rings is 1. The Morgan fingerprint density at radius 1 is 1.20 bits per heavy atom. The van der Waals surface area contributed by atoms with Crippen molar-refractivity contribution in [3.05, 3.63) is 64.4 Å². The van der Waals surface area contributed by atoms with E-state index in [2.05, 4.69) is 15.0 Å². The van der Waals surface area contributed by atoms with Gasteiger partial charge < -0.3 is 15.0 Å². The second-order valence-electron chi connectivity index (χ2n) is 8.17. The molecule has 1 N–H and O–H groups in total. The van der Waals surface area contributed by atoms with Gasteiger partial charge in [0.1, 0.15) is 11.6 Å². The fourth-order valence-corrected chi connectivity index (χ4v) is 4.02. The van der Waals surface area contributed by atoms with Crippen LogP contribution in [0.4, 0.5) is 23.2 Å². The lowest BCUT2D eigenvalue weighted by molar-refractivity contribution is -0.274. The number of anilines is 1. The second kappa shape index (κ2) is 11.1. The fraction of sp³-hybridized carbons (Fsp3) is 0.333. The molecule has 0 aromatic heterocycles. The number of nitrogens with zero attached hydrogens (tertiary/aromatic N) is 2. The molecule has 11 heteroatoms. The molecule has 0 aliphatic carbocycles. The highest BCUT2D eigenvalue weighted by molar-refractivity contribution is 6.32. The summed E-state index contributed by atoms with van der Waals surface area (Å²) in [5.74, 6) is -1.75. The summed E-state index contributed by atoms with van der Waals surface area (Å²) in [4.78, 5) is 28.2. The smallest absolute Gasteiger partial charge is 0.404 e. The third kappa shape index (κ3) is 7.69. The molecular weight excluding hydrogens is 490 g/mol. The van der Waals surface area contributed by atoms with Gasteiger partial charge in [-0.05, 0) is 42.8 Å². The fourth-order valence-electron chi connectivity index (χ4n) is 3.82. The van der Waals surface area contributed by atoms with E-state index < -0.39 is 18.0 Å². The molecule has 0 spiro atoms. The van der Waals surface area contributed by atoms with Gasteiger partial charge in [-0.2, -0.15) is 0 Å². The minimum atomic E-state index is -4.96. The van der Waals surface area contributed by atoms with Crippen LogP contribution in [0.15, 0.2) is 42.5 Å². The van der Waals surface area contributed by atoms with Crippen LogP contribution in [0.25, 0.3) is 6.08 Å². The van der Waals surface area contributed by atoms with Gasteiger partial charge in [-0.15, -0.1) is 13.2 Å². The average Bonchev–Trinajstić information content (AvgIpc) is 2.75. The Morgan fingerprint density at radius 2 is 1.89 bits per heavy atom. The zero-order valence-corrected chi connectivity index (χ0v) is 19.8. The van der Waals surface area contributed by atoms with E-state index in [1.54, 1.807) is 17.0 Å². The Kier molecular flexibility index (Phi) is 8.39. The minimum absolute atomic E-state index is 0.125. The van der Waals surface area contributed by atoms with E-state index in [1.807, 2.05) is 6.92 Å². The number of alkyl halides is 3. The lowest BCUT2D eigenvalue weighted by Crippen LogP contribution is -2.53. The standard InChI is InChI=1S/C24H24ClF4N3O3/c1-15-13-31(14-17-3-6-19(26)7-4-17)9-10-32(15)23(34)8-5-18-11-22(35-24(27,28)29)20(25)12-21(18)30-16(2)33/h3-8,11-12,15H,9-10,13-14H2,1-2H3,(H,30,33). The molecule has 2 amide bonds.